The van der Waals surface area contributed by atoms with Crippen LogP contribution in [0.15, 0.2) is 21.9 Å². The normalized spacial score (nSPS) is 26.9. The number of aromatic nitrogens is 2. The van der Waals surface area contributed by atoms with Crippen molar-refractivity contribution in [1.29, 1.82) is 0 Å². The van der Waals surface area contributed by atoms with Gasteiger partial charge in [-0.15, -0.1) is 6.42 Å². The van der Waals surface area contributed by atoms with Crippen LogP contribution in [0.4, 0.5) is 0 Å². The first-order chi connectivity index (χ1) is 14.8. The van der Waals surface area contributed by atoms with Gasteiger partial charge in [-0.3, -0.25) is 14.3 Å². The van der Waals surface area contributed by atoms with Crippen molar-refractivity contribution >= 4 is 16.6 Å². The Morgan fingerprint density at radius 1 is 1.15 bits per heavy atom. The van der Waals surface area contributed by atoms with E-state index < -0.39 is 51.9 Å². The van der Waals surface area contributed by atoms with E-state index in [0.717, 1.165) is 0 Å². The quantitative estimate of drug-likeness (QED) is 0.463. The molecule has 186 valence electrons. The van der Waals surface area contributed by atoms with Gasteiger partial charge in [-0.2, -0.15) is 0 Å². The number of nitrogens with zero attached hydrogens (tertiary/aromatic N) is 1. The Kier molecular flexibility index (Phi) is 7.52. The van der Waals surface area contributed by atoms with E-state index >= 15 is 0 Å². The van der Waals surface area contributed by atoms with Gasteiger partial charge in [-0.25, -0.2) is 4.79 Å². The fraction of sp³-hybridized carbons (Fsp3) is 0.739. The molecule has 1 aliphatic heterocycles. The van der Waals surface area contributed by atoms with Crippen LogP contribution in [-0.4, -0.2) is 55.7 Å². The molecule has 1 aromatic heterocycles. The van der Waals surface area contributed by atoms with Crippen LogP contribution in [0.25, 0.3) is 0 Å². The third-order valence-electron chi connectivity index (χ3n) is 7.47. The van der Waals surface area contributed by atoms with Crippen LogP contribution in [0.1, 0.15) is 47.8 Å². The Morgan fingerprint density at radius 3 is 2.15 bits per heavy atom. The highest BCUT2D eigenvalue weighted by atomic mass is 28.4. The van der Waals surface area contributed by atoms with Gasteiger partial charge in [0.05, 0.1) is 6.61 Å². The summed E-state index contributed by atoms with van der Waals surface area (Å²) >= 11 is 0. The van der Waals surface area contributed by atoms with E-state index in [1.807, 2.05) is 13.1 Å². The molecule has 2 N–H and O–H groups in total. The van der Waals surface area contributed by atoms with Gasteiger partial charge in [-0.05, 0) is 36.3 Å². The molecular weight excluding hydrogens is 456 g/mol. The minimum atomic E-state index is -2.45. The smallest absolute Gasteiger partial charge is 0.330 e. The second-order valence-electron chi connectivity index (χ2n) is 11.9. The minimum Gasteiger partial charge on any atom is -0.414 e. The van der Waals surface area contributed by atoms with Crippen molar-refractivity contribution in [3.8, 4) is 12.3 Å². The summed E-state index contributed by atoms with van der Waals surface area (Å²) in [6.07, 6.45) is 4.23. The first-order valence-electron chi connectivity index (χ1n) is 11.3. The highest BCUT2D eigenvalue weighted by molar-refractivity contribution is 6.74. The van der Waals surface area contributed by atoms with Crippen molar-refractivity contribution in [1.82, 2.24) is 9.55 Å². The molecule has 0 aromatic carbocycles. The number of ether oxygens (including phenoxy) is 1. The predicted molar refractivity (Wildman–Crippen MR) is 134 cm³/mol. The molecule has 10 heteroatoms. The van der Waals surface area contributed by atoms with Crippen LogP contribution in [0.5, 0.6) is 0 Å². The van der Waals surface area contributed by atoms with E-state index in [1.165, 1.54) is 16.8 Å². The highest BCUT2D eigenvalue weighted by Crippen LogP contribution is 2.45. The second kappa shape index (κ2) is 8.94. The molecule has 1 fully saturated rings. The molecule has 2 heterocycles. The van der Waals surface area contributed by atoms with Gasteiger partial charge in [0.1, 0.15) is 12.2 Å². The summed E-state index contributed by atoms with van der Waals surface area (Å²) in [5.41, 5.74) is -3.03. The lowest BCUT2D eigenvalue weighted by atomic mass is 9.93. The average Bonchev–Trinajstić information content (AvgIpc) is 2.90. The minimum absolute atomic E-state index is 0.0494. The van der Waals surface area contributed by atoms with Gasteiger partial charge in [0.2, 0.25) is 0 Å². The highest BCUT2D eigenvalue weighted by Gasteiger charge is 2.59. The number of hydrogen-bond acceptors (Lipinski definition) is 6. The van der Waals surface area contributed by atoms with Crippen molar-refractivity contribution in [2.24, 2.45) is 0 Å². The molecule has 0 radical (unpaired) electrons. The van der Waals surface area contributed by atoms with E-state index in [2.05, 4.69) is 65.5 Å². The SMILES string of the molecule is C#C[C@@]1(O)[C@@H](CO[Si](C)(C)C(C)(C)C)O[C@@H](n2ccc(=O)[nH]c2=O)[C@@H]1O[Si](C)(C)C(C)(C)C. The molecule has 0 spiro atoms. The summed E-state index contributed by atoms with van der Waals surface area (Å²) in [5, 5.41) is 11.5. The van der Waals surface area contributed by atoms with E-state index in [0.29, 0.717) is 0 Å². The van der Waals surface area contributed by atoms with Gasteiger partial charge in [0.25, 0.3) is 5.56 Å². The number of H-pyrrole nitrogens is 1. The third kappa shape index (κ3) is 5.44. The lowest BCUT2D eigenvalue weighted by Crippen LogP contribution is -2.56. The molecule has 1 aliphatic rings. The molecule has 1 aromatic rings. The first-order valence-corrected chi connectivity index (χ1v) is 17.1. The molecule has 1 saturated heterocycles. The molecule has 33 heavy (non-hydrogen) atoms. The Bertz CT molecular complexity index is 1010. The van der Waals surface area contributed by atoms with Crippen LogP contribution in [0.2, 0.25) is 36.3 Å². The second-order valence-corrected chi connectivity index (χ2v) is 21.4. The summed E-state index contributed by atoms with van der Waals surface area (Å²) in [6, 6.07) is 1.22. The van der Waals surface area contributed by atoms with Gasteiger partial charge >= 0.3 is 5.69 Å². The lowest BCUT2D eigenvalue weighted by Gasteiger charge is -2.42. The zero-order valence-corrected chi connectivity index (χ0v) is 23.6. The predicted octanol–water partition coefficient (Wildman–Crippen LogP) is 3.21. The zero-order valence-electron chi connectivity index (χ0n) is 21.6. The molecule has 2 rings (SSSR count). The largest absolute Gasteiger partial charge is 0.414 e. The van der Waals surface area contributed by atoms with E-state index in [1.54, 1.807) is 0 Å². The van der Waals surface area contributed by atoms with Crippen LogP contribution < -0.4 is 11.2 Å². The maximum atomic E-state index is 12.6. The summed E-state index contributed by atoms with van der Waals surface area (Å²) in [7, 11) is -4.63. The molecule has 0 unspecified atom stereocenters. The van der Waals surface area contributed by atoms with Gasteiger partial charge in [-0.1, -0.05) is 47.5 Å². The summed E-state index contributed by atoms with van der Waals surface area (Å²) < 4.78 is 20.3. The number of hydrogen-bond donors (Lipinski definition) is 2. The van der Waals surface area contributed by atoms with Crippen molar-refractivity contribution in [2.45, 2.75) is 102 Å². The van der Waals surface area contributed by atoms with Crippen LogP contribution in [0, 0.1) is 12.3 Å². The summed E-state index contributed by atoms with van der Waals surface area (Å²) in [4.78, 5) is 26.5. The summed E-state index contributed by atoms with van der Waals surface area (Å²) in [6.45, 7) is 20.9. The first kappa shape index (κ1) is 27.8. The molecular formula is C23H40N2O6Si2. The summed E-state index contributed by atoms with van der Waals surface area (Å²) in [5.74, 6) is 2.50. The van der Waals surface area contributed by atoms with Crippen molar-refractivity contribution in [3.63, 3.8) is 0 Å². The molecule has 0 aliphatic carbocycles. The number of aliphatic hydroxyl groups is 1. The Balaban J connectivity index is 2.54. The molecule has 0 bridgehead atoms. The standard InChI is InChI=1S/C23H40N2O6Si2/c1-12-23(28)16(15-29-32(8,9)21(2,3)4)30-19(25-14-13-17(26)24-20(25)27)18(23)31-33(10,11)22(5,6)7/h1,13-14,16,18-19,28H,15H2,2-11H3,(H,24,26,27)/t16-,18+,19-,23-/m1/s1. The molecule has 4 atom stereocenters. The Morgan fingerprint density at radius 2 is 1.70 bits per heavy atom. The van der Waals surface area contributed by atoms with Gasteiger partial charge in [0.15, 0.2) is 28.5 Å². The third-order valence-corrected chi connectivity index (χ3v) is 16.4. The number of nitrogens with one attached hydrogen (secondary N) is 1. The van der Waals surface area contributed by atoms with Crippen LogP contribution >= 0.6 is 0 Å². The zero-order chi connectivity index (χ0) is 25.6. The molecule has 8 nitrogen and oxygen atoms in total. The van der Waals surface area contributed by atoms with Crippen molar-refractivity contribution in [2.75, 3.05) is 6.61 Å². The topological polar surface area (TPSA) is 103 Å². The monoisotopic (exact) mass is 496 g/mol. The number of rotatable bonds is 6. The lowest BCUT2D eigenvalue weighted by molar-refractivity contribution is -0.0598. The van der Waals surface area contributed by atoms with Gasteiger partial charge < -0.3 is 18.7 Å². The van der Waals surface area contributed by atoms with E-state index in [-0.39, 0.29) is 16.7 Å². The van der Waals surface area contributed by atoms with E-state index in [4.69, 9.17) is 20.0 Å². The van der Waals surface area contributed by atoms with Crippen molar-refractivity contribution < 1.29 is 18.7 Å². The fourth-order valence-electron chi connectivity index (χ4n) is 3.07. The Hall–Kier alpha value is -1.49. The molecule has 0 saturated carbocycles. The van der Waals surface area contributed by atoms with E-state index in [9.17, 15) is 14.7 Å². The van der Waals surface area contributed by atoms with Crippen molar-refractivity contribution in [3.05, 3.63) is 33.1 Å². The van der Waals surface area contributed by atoms with Crippen LogP contribution in [0.3, 0.4) is 0 Å². The van der Waals surface area contributed by atoms with Gasteiger partial charge in [0, 0.05) is 12.3 Å². The number of terminal acetylenes is 1. The molecule has 0 amide bonds. The maximum Gasteiger partial charge on any atom is 0.330 e. The maximum absolute atomic E-state index is 12.6. The number of aromatic amines is 1. The fourth-order valence-corrected chi connectivity index (χ4v) is 5.35. The Labute approximate surface area is 198 Å². The van der Waals surface area contributed by atoms with Crippen LogP contribution in [-0.2, 0) is 13.6 Å². The average molecular weight is 497 g/mol.